The average Bonchev–Trinajstić information content (AvgIpc) is 2.49. The van der Waals surface area contributed by atoms with Crippen LogP contribution in [-0.4, -0.2) is 12.6 Å². The van der Waals surface area contributed by atoms with Crippen molar-refractivity contribution in [3.05, 3.63) is 53.8 Å². The van der Waals surface area contributed by atoms with Gasteiger partial charge in [0.2, 0.25) is 0 Å². The number of carbonyl (C=O) groups is 1. The highest BCUT2D eigenvalue weighted by Crippen LogP contribution is 2.08. The first-order chi connectivity index (χ1) is 9.71. The minimum Gasteiger partial charge on any atom is -0.462 e. The van der Waals surface area contributed by atoms with Gasteiger partial charge in [-0.3, -0.25) is 0 Å². The van der Waals surface area contributed by atoms with Crippen LogP contribution >= 0.6 is 0 Å². The smallest absolute Gasteiger partial charge is 0.348 e. The Hall–Kier alpha value is -3.05. The Balaban J connectivity index is 2.88. The van der Waals surface area contributed by atoms with Crippen LogP contribution < -0.4 is 5.32 Å². The number of allylic oxidation sites excluding steroid dienone is 2. The minimum absolute atomic E-state index is 0.151. The van der Waals surface area contributed by atoms with Gasteiger partial charge >= 0.3 is 5.97 Å². The summed E-state index contributed by atoms with van der Waals surface area (Å²) in [5.74, 6) is -0.740. The van der Waals surface area contributed by atoms with Crippen LogP contribution in [0.5, 0.6) is 0 Å². The fourth-order valence-electron chi connectivity index (χ4n) is 1.30. The summed E-state index contributed by atoms with van der Waals surface area (Å²) in [5.41, 5.74) is 0.733. The van der Waals surface area contributed by atoms with Gasteiger partial charge in [0.25, 0.3) is 0 Å². The van der Waals surface area contributed by atoms with Crippen molar-refractivity contribution in [2.75, 3.05) is 11.9 Å². The maximum absolute atomic E-state index is 11.4. The molecule has 0 aromatic heterocycles. The number of para-hydroxylation sites is 1. The molecule has 1 rings (SSSR count). The predicted octanol–water partition coefficient (Wildman–Crippen LogP) is 2.52. The lowest BCUT2D eigenvalue weighted by Crippen LogP contribution is -2.06. The van der Waals surface area contributed by atoms with E-state index in [0.29, 0.717) is 0 Å². The highest BCUT2D eigenvalue weighted by atomic mass is 16.5. The molecule has 0 amide bonds. The summed E-state index contributed by atoms with van der Waals surface area (Å²) in [6, 6.07) is 12.8. The van der Waals surface area contributed by atoms with Gasteiger partial charge in [0.1, 0.15) is 17.7 Å². The third-order valence-electron chi connectivity index (χ3n) is 2.21. The molecule has 0 aliphatic carbocycles. The standard InChI is InChI=1S/C15H13N3O2/c1-2-20-15(19)13(10-17)8-12(9-16)11-18-14-6-4-3-5-7-14/h3-8,11,18H,2H2,1H3/b12-11+,13-8+. The van der Waals surface area contributed by atoms with Crippen LogP contribution in [0.1, 0.15) is 6.92 Å². The number of anilines is 1. The second kappa shape index (κ2) is 8.12. The molecule has 100 valence electrons. The molecule has 0 aliphatic rings. The first kappa shape index (κ1) is 15.0. The van der Waals surface area contributed by atoms with Gasteiger partial charge in [0.05, 0.1) is 12.2 Å². The number of nitrogens with one attached hydrogen (secondary N) is 1. The van der Waals surface area contributed by atoms with E-state index in [1.807, 2.05) is 36.4 Å². The van der Waals surface area contributed by atoms with Crippen molar-refractivity contribution >= 4 is 11.7 Å². The van der Waals surface area contributed by atoms with Crippen LogP contribution in [0.4, 0.5) is 5.69 Å². The van der Waals surface area contributed by atoms with Crippen molar-refractivity contribution in [1.29, 1.82) is 10.5 Å². The van der Waals surface area contributed by atoms with E-state index in [9.17, 15) is 4.79 Å². The minimum atomic E-state index is -0.740. The van der Waals surface area contributed by atoms with Crippen LogP contribution in [-0.2, 0) is 9.53 Å². The largest absolute Gasteiger partial charge is 0.462 e. The molecule has 5 heteroatoms. The fraction of sp³-hybridized carbons (Fsp3) is 0.133. The molecule has 5 nitrogen and oxygen atoms in total. The molecule has 0 spiro atoms. The number of rotatable bonds is 5. The van der Waals surface area contributed by atoms with Gasteiger partial charge in [0.15, 0.2) is 0 Å². The second-order valence-corrected chi connectivity index (χ2v) is 3.61. The summed E-state index contributed by atoms with van der Waals surface area (Å²) in [7, 11) is 0. The number of hydrogen-bond acceptors (Lipinski definition) is 5. The zero-order chi connectivity index (χ0) is 14.8. The zero-order valence-electron chi connectivity index (χ0n) is 11.0. The molecule has 0 aliphatic heterocycles. The van der Waals surface area contributed by atoms with Gasteiger partial charge in [-0.2, -0.15) is 10.5 Å². The molecule has 0 atom stereocenters. The fourth-order valence-corrected chi connectivity index (χ4v) is 1.30. The molecular weight excluding hydrogens is 254 g/mol. The summed E-state index contributed by atoms with van der Waals surface area (Å²) < 4.78 is 4.72. The van der Waals surface area contributed by atoms with E-state index in [1.165, 1.54) is 12.3 Å². The third-order valence-corrected chi connectivity index (χ3v) is 2.21. The lowest BCUT2D eigenvalue weighted by Gasteiger charge is -2.01. The highest BCUT2D eigenvalue weighted by molar-refractivity contribution is 5.93. The lowest BCUT2D eigenvalue weighted by molar-refractivity contribution is -0.138. The van der Waals surface area contributed by atoms with Gasteiger partial charge in [0, 0.05) is 11.9 Å². The van der Waals surface area contributed by atoms with E-state index < -0.39 is 5.97 Å². The topological polar surface area (TPSA) is 85.9 Å². The Morgan fingerprint density at radius 2 is 2.00 bits per heavy atom. The highest BCUT2D eigenvalue weighted by Gasteiger charge is 2.10. The lowest BCUT2D eigenvalue weighted by atomic mass is 10.2. The number of ether oxygens (including phenoxy) is 1. The van der Waals surface area contributed by atoms with Crippen LogP contribution in [0.2, 0.25) is 0 Å². The van der Waals surface area contributed by atoms with Crippen molar-refractivity contribution in [2.45, 2.75) is 6.92 Å². The summed E-state index contributed by atoms with van der Waals surface area (Å²) >= 11 is 0. The Morgan fingerprint density at radius 1 is 1.30 bits per heavy atom. The summed E-state index contributed by atoms with van der Waals surface area (Å²) in [5, 5.41) is 20.8. The number of benzene rings is 1. The molecule has 0 fully saturated rings. The third kappa shape index (κ3) is 4.67. The van der Waals surface area contributed by atoms with Crippen molar-refractivity contribution < 1.29 is 9.53 Å². The first-order valence-electron chi connectivity index (χ1n) is 5.92. The molecule has 0 saturated heterocycles. The predicted molar refractivity (Wildman–Crippen MR) is 74.1 cm³/mol. The van der Waals surface area contributed by atoms with E-state index in [-0.39, 0.29) is 17.8 Å². The number of carbonyl (C=O) groups excluding carboxylic acids is 1. The number of nitrogens with zero attached hydrogens (tertiary/aromatic N) is 2. The Kier molecular flexibility index (Phi) is 6.10. The number of nitriles is 2. The average molecular weight is 267 g/mol. The normalized spacial score (nSPS) is 11.2. The van der Waals surface area contributed by atoms with Crippen LogP contribution in [0, 0.1) is 22.7 Å². The quantitative estimate of drug-likeness (QED) is 0.383. The van der Waals surface area contributed by atoms with E-state index in [2.05, 4.69) is 5.32 Å². The summed E-state index contributed by atoms with van der Waals surface area (Å²) in [4.78, 5) is 11.4. The molecule has 0 radical (unpaired) electrons. The SMILES string of the molecule is CCOC(=O)/C(C#N)=C/C(C#N)=C\Nc1ccccc1. The van der Waals surface area contributed by atoms with Crippen LogP contribution in [0.15, 0.2) is 53.8 Å². The Morgan fingerprint density at radius 3 is 2.55 bits per heavy atom. The number of hydrogen-bond donors (Lipinski definition) is 1. The molecule has 20 heavy (non-hydrogen) atoms. The van der Waals surface area contributed by atoms with E-state index in [4.69, 9.17) is 15.3 Å². The van der Waals surface area contributed by atoms with Gasteiger partial charge in [-0.05, 0) is 25.1 Å². The van der Waals surface area contributed by atoms with E-state index >= 15 is 0 Å². The molecule has 1 aromatic carbocycles. The van der Waals surface area contributed by atoms with Crippen molar-refractivity contribution in [2.24, 2.45) is 0 Å². The van der Waals surface area contributed by atoms with E-state index in [0.717, 1.165) is 5.69 Å². The van der Waals surface area contributed by atoms with Crippen LogP contribution in [0.3, 0.4) is 0 Å². The van der Waals surface area contributed by atoms with Gasteiger partial charge in [-0.15, -0.1) is 0 Å². The molecular formula is C15H13N3O2. The Bertz CT molecular complexity index is 604. The van der Waals surface area contributed by atoms with Crippen molar-refractivity contribution in [1.82, 2.24) is 0 Å². The molecule has 0 unspecified atom stereocenters. The molecule has 1 aromatic rings. The van der Waals surface area contributed by atoms with Gasteiger partial charge < -0.3 is 10.1 Å². The monoisotopic (exact) mass is 267 g/mol. The zero-order valence-corrected chi connectivity index (χ0v) is 11.0. The van der Waals surface area contributed by atoms with Crippen LogP contribution in [0.25, 0.3) is 0 Å². The van der Waals surface area contributed by atoms with Crippen molar-refractivity contribution in [3.8, 4) is 12.1 Å². The molecule has 1 N–H and O–H groups in total. The molecule has 0 heterocycles. The van der Waals surface area contributed by atoms with Gasteiger partial charge in [-0.25, -0.2) is 4.79 Å². The summed E-state index contributed by atoms with van der Waals surface area (Å²) in [6.07, 6.45) is 2.61. The maximum atomic E-state index is 11.4. The van der Waals surface area contributed by atoms with Gasteiger partial charge in [-0.1, -0.05) is 18.2 Å². The molecule has 0 bridgehead atoms. The van der Waals surface area contributed by atoms with E-state index in [1.54, 1.807) is 13.0 Å². The maximum Gasteiger partial charge on any atom is 0.348 e. The summed E-state index contributed by atoms with van der Waals surface area (Å²) in [6.45, 7) is 1.82. The number of esters is 1. The first-order valence-corrected chi connectivity index (χ1v) is 5.92. The molecule has 0 saturated carbocycles. The van der Waals surface area contributed by atoms with Crippen molar-refractivity contribution in [3.63, 3.8) is 0 Å². The second-order valence-electron chi connectivity index (χ2n) is 3.61. The Labute approximate surface area is 117 Å².